The summed E-state index contributed by atoms with van der Waals surface area (Å²) in [6, 6.07) is 5.39. The van der Waals surface area contributed by atoms with E-state index in [0.717, 1.165) is 0 Å². The SMILES string of the molecule is Cc1c(Cl)c(-c2ccccn2)nn1CC(=O)O. The van der Waals surface area contributed by atoms with Gasteiger partial charge >= 0.3 is 5.97 Å². The Kier molecular flexibility index (Phi) is 3.10. The highest BCUT2D eigenvalue weighted by atomic mass is 35.5. The molecule has 0 aromatic carbocycles. The summed E-state index contributed by atoms with van der Waals surface area (Å²) < 4.78 is 1.36. The van der Waals surface area contributed by atoms with Gasteiger partial charge < -0.3 is 5.11 Å². The van der Waals surface area contributed by atoms with Gasteiger partial charge in [-0.2, -0.15) is 5.10 Å². The molecular formula is C11H10ClN3O2. The van der Waals surface area contributed by atoms with Crippen LogP contribution < -0.4 is 0 Å². The molecule has 0 spiro atoms. The molecule has 2 rings (SSSR count). The van der Waals surface area contributed by atoms with Gasteiger partial charge in [0, 0.05) is 6.20 Å². The first-order valence-electron chi connectivity index (χ1n) is 4.95. The van der Waals surface area contributed by atoms with E-state index in [9.17, 15) is 4.79 Å². The largest absolute Gasteiger partial charge is 0.480 e. The number of carboxylic acid groups (broad SMARTS) is 1. The van der Waals surface area contributed by atoms with Gasteiger partial charge in [-0.25, -0.2) is 0 Å². The molecule has 88 valence electrons. The molecule has 2 aromatic heterocycles. The molecule has 17 heavy (non-hydrogen) atoms. The van der Waals surface area contributed by atoms with Gasteiger partial charge in [0.2, 0.25) is 0 Å². The lowest BCUT2D eigenvalue weighted by Crippen LogP contribution is -2.11. The van der Waals surface area contributed by atoms with Crippen LogP contribution in [-0.2, 0) is 11.3 Å². The van der Waals surface area contributed by atoms with E-state index in [-0.39, 0.29) is 6.54 Å². The van der Waals surface area contributed by atoms with Crippen molar-refractivity contribution in [1.29, 1.82) is 0 Å². The van der Waals surface area contributed by atoms with Crippen molar-refractivity contribution >= 4 is 17.6 Å². The van der Waals surface area contributed by atoms with Crippen LogP contribution in [0, 0.1) is 6.92 Å². The summed E-state index contributed by atoms with van der Waals surface area (Å²) >= 11 is 6.12. The fourth-order valence-electron chi connectivity index (χ4n) is 1.47. The summed E-state index contributed by atoms with van der Waals surface area (Å²) in [5, 5.41) is 13.3. The van der Waals surface area contributed by atoms with E-state index in [1.54, 1.807) is 25.3 Å². The van der Waals surface area contributed by atoms with Crippen LogP contribution in [0.1, 0.15) is 5.69 Å². The van der Waals surface area contributed by atoms with Crippen molar-refractivity contribution < 1.29 is 9.90 Å². The van der Waals surface area contributed by atoms with Crippen molar-refractivity contribution in [2.45, 2.75) is 13.5 Å². The number of halogens is 1. The third kappa shape index (κ3) is 2.29. The first-order valence-corrected chi connectivity index (χ1v) is 5.33. The maximum absolute atomic E-state index is 10.7. The number of hydrogen-bond acceptors (Lipinski definition) is 3. The van der Waals surface area contributed by atoms with E-state index >= 15 is 0 Å². The van der Waals surface area contributed by atoms with Crippen LogP contribution in [0.2, 0.25) is 5.02 Å². The summed E-state index contributed by atoms with van der Waals surface area (Å²) in [7, 11) is 0. The number of carboxylic acids is 1. The van der Waals surface area contributed by atoms with Crippen LogP contribution >= 0.6 is 11.6 Å². The summed E-state index contributed by atoms with van der Waals surface area (Å²) in [6.45, 7) is 1.52. The first kappa shape index (κ1) is 11.6. The third-order valence-corrected chi connectivity index (χ3v) is 2.78. The molecule has 0 aliphatic carbocycles. The second-order valence-corrected chi connectivity index (χ2v) is 3.89. The number of carbonyl (C=O) groups is 1. The predicted octanol–water partition coefficient (Wildman–Crippen LogP) is 1.99. The van der Waals surface area contributed by atoms with E-state index in [4.69, 9.17) is 16.7 Å². The Morgan fingerprint density at radius 3 is 2.88 bits per heavy atom. The highest BCUT2D eigenvalue weighted by Crippen LogP contribution is 2.27. The molecular weight excluding hydrogens is 242 g/mol. The maximum Gasteiger partial charge on any atom is 0.325 e. The molecule has 0 saturated carbocycles. The molecule has 6 heteroatoms. The lowest BCUT2D eigenvalue weighted by Gasteiger charge is -1.98. The maximum atomic E-state index is 10.7. The Balaban J connectivity index is 2.46. The van der Waals surface area contributed by atoms with Crippen molar-refractivity contribution in [2.75, 3.05) is 0 Å². The van der Waals surface area contributed by atoms with Gasteiger partial charge in [0.05, 0.1) is 16.4 Å². The summed E-state index contributed by atoms with van der Waals surface area (Å²) in [4.78, 5) is 14.8. The Bertz CT molecular complexity index is 551. The fraction of sp³-hybridized carbons (Fsp3) is 0.182. The standard InChI is InChI=1S/C11H10ClN3O2/c1-7-10(12)11(8-4-2-3-5-13-8)14-15(7)6-9(16)17/h2-5H,6H2,1H3,(H,16,17). The van der Waals surface area contributed by atoms with Crippen molar-refractivity contribution in [1.82, 2.24) is 14.8 Å². The Morgan fingerprint density at radius 2 is 2.29 bits per heavy atom. The number of hydrogen-bond donors (Lipinski definition) is 1. The summed E-state index contributed by atoms with van der Waals surface area (Å²) in [5.74, 6) is -0.958. The molecule has 2 heterocycles. The van der Waals surface area contributed by atoms with E-state index in [1.165, 1.54) is 4.68 Å². The zero-order chi connectivity index (χ0) is 12.4. The summed E-state index contributed by atoms with van der Waals surface area (Å²) in [6.07, 6.45) is 1.64. The number of pyridine rings is 1. The third-order valence-electron chi connectivity index (χ3n) is 2.33. The van der Waals surface area contributed by atoms with Gasteiger partial charge in [0.15, 0.2) is 0 Å². The Morgan fingerprint density at radius 1 is 1.53 bits per heavy atom. The van der Waals surface area contributed by atoms with Gasteiger partial charge in [-0.05, 0) is 19.1 Å². The van der Waals surface area contributed by atoms with Crippen molar-refractivity contribution in [2.24, 2.45) is 0 Å². The van der Waals surface area contributed by atoms with Crippen LogP contribution in [0.5, 0.6) is 0 Å². The smallest absolute Gasteiger partial charge is 0.325 e. The van der Waals surface area contributed by atoms with Crippen molar-refractivity contribution in [3.8, 4) is 11.4 Å². The molecule has 0 aliphatic rings. The lowest BCUT2D eigenvalue weighted by atomic mass is 10.2. The van der Waals surface area contributed by atoms with Gasteiger partial charge in [-0.15, -0.1) is 0 Å². The molecule has 1 N–H and O–H groups in total. The van der Waals surface area contributed by atoms with Crippen molar-refractivity contribution in [3.05, 3.63) is 35.1 Å². The normalized spacial score (nSPS) is 10.5. The zero-order valence-electron chi connectivity index (χ0n) is 9.09. The van der Waals surface area contributed by atoms with Crippen LogP contribution in [-0.4, -0.2) is 25.8 Å². The monoisotopic (exact) mass is 251 g/mol. The molecule has 5 nitrogen and oxygen atoms in total. The van der Waals surface area contributed by atoms with E-state index in [0.29, 0.717) is 22.1 Å². The summed E-state index contributed by atoms with van der Waals surface area (Å²) in [5.41, 5.74) is 1.76. The second kappa shape index (κ2) is 4.55. The molecule has 0 unspecified atom stereocenters. The Labute approximate surface area is 103 Å². The highest BCUT2D eigenvalue weighted by molar-refractivity contribution is 6.33. The molecule has 2 aromatic rings. The average Bonchev–Trinajstić information content (AvgIpc) is 2.58. The first-order chi connectivity index (χ1) is 8.09. The Hall–Kier alpha value is -1.88. The molecule has 0 radical (unpaired) electrons. The van der Waals surface area contributed by atoms with Crippen LogP contribution in [0.25, 0.3) is 11.4 Å². The highest BCUT2D eigenvalue weighted by Gasteiger charge is 2.16. The van der Waals surface area contributed by atoms with Crippen LogP contribution in [0.15, 0.2) is 24.4 Å². The van der Waals surface area contributed by atoms with Gasteiger partial charge in [-0.3, -0.25) is 14.5 Å². The van der Waals surface area contributed by atoms with Crippen molar-refractivity contribution in [3.63, 3.8) is 0 Å². The van der Waals surface area contributed by atoms with Crippen LogP contribution in [0.4, 0.5) is 0 Å². The van der Waals surface area contributed by atoms with Crippen LogP contribution in [0.3, 0.4) is 0 Å². The fourth-order valence-corrected chi connectivity index (χ4v) is 1.71. The number of nitrogens with zero attached hydrogens (tertiary/aromatic N) is 3. The van der Waals surface area contributed by atoms with E-state index in [2.05, 4.69) is 10.1 Å². The lowest BCUT2D eigenvalue weighted by molar-refractivity contribution is -0.137. The quantitative estimate of drug-likeness (QED) is 0.906. The predicted molar refractivity (Wildman–Crippen MR) is 62.8 cm³/mol. The molecule has 0 amide bonds. The van der Waals surface area contributed by atoms with Gasteiger partial charge in [-0.1, -0.05) is 17.7 Å². The minimum Gasteiger partial charge on any atom is -0.480 e. The number of aliphatic carboxylic acids is 1. The van der Waals surface area contributed by atoms with E-state index in [1.807, 2.05) is 6.07 Å². The zero-order valence-corrected chi connectivity index (χ0v) is 9.85. The molecule has 0 aliphatic heterocycles. The van der Waals surface area contributed by atoms with E-state index < -0.39 is 5.97 Å². The number of aromatic nitrogens is 3. The van der Waals surface area contributed by atoms with Gasteiger partial charge in [0.25, 0.3) is 0 Å². The number of rotatable bonds is 3. The minimum atomic E-state index is -0.958. The molecule has 0 fully saturated rings. The molecule has 0 saturated heterocycles. The minimum absolute atomic E-state index is 0.210. The van der Waals surface area contributed by atoms with Gasteiger partial charge in [0.1, 0.15) is 12.2 Å². The molecule has 0 atom stereocenters. The topological polar surface area (TPSA) is 68.0 Å². The average molecular weight is 252 g/mol. The second-order valence-electron chi connectivity index (χ2n) is 3.51. The molecule has 0 bridgehead atoms.